The van der Waals surface area contributed by atoms with Crippen LogP contribution in [0.5, 0.6) is 0 Å². The zero-order valence-corrected chi connectivity index (χ0v) is 16.3. The molecule has 1 aliphatic heterocycles. The molecule has 1 aliphatic rings. The number of benzene rings is 1. The van der Waals surface area contributed by atoms with Crippen LogP contribution in [-0.2, 0) is 9.53 Å². The van der Waals surface area contributed by atoms with Crippen LogP contribution in [0, 0.1) is 5.82 Å². The van der Waals surface area contributed by atoms with Gasteiger partial charge in [-0.1, -0.05) is 24.8 Å². The second-order valence-electron chi connectivity index (χ2n) is 6.36. The SMILES string of the molecule is CC[C@H](C)NC(=O)CSc1nnc(N2CCOCC2)n1-c1cccc(F)c1. The molecule has 1 aromatic carbocycles. The lowest BCUT2D eigenvalue weighted by atomic mass is 10.3. The minimum absolute atomic E-state index is 0.0592. The van der Waals surface area contributed by atoms with E-state index in [9.17, 15) is 9.18 Å². The van der Waals surface area contributed by atoms with Gasteiger partial charge in [-0.25, -0.2) is 4.39 Å². The van der Waals surface area contributed by atoms with Crippen LogP contribution in [0.1, 0.15) is 20.3 Å². The van der Waals surface area contributed by atoms with E-state index < -0.39 is 0 Å². The van der Waals surface area contributed by atoms with Crippen LogP contribution in [0.25, 0.3) is 5.69 Å². The summed E-state index contributed by atoms with van der Waals surface area (Å²) in [5.41, 5.74) is 0.631. The highest BCUT2D eigenvalue weighted by molar-refractivity contribution is 7.99. The molecule has 1 fully saturated rings. The number of hydrogen-bond acceptors (Lipinski definition) is 6. The predicted octanol–water partition coefficient (Wildman–Crippen LogP) is 2.25. The Balaban J connectivity index is 1.85. The van der Waals surface area contributed by atoms with E-state index in [0.29, 0.717) is 43.1 Å². The normalized spacial score (nSPS) is 15.6. The summed E-state index contributed by atoms with van der Waals surface area (Å²) in [6.07, 6.45) is 0.872. The maximum absolute atomic E-state index is 13.8. The van der Waals surface area contributed by atoms with Gasteiger partial charge in [-0.05, 0) is 31.5 Å². The third-order valence-electron chi connectivity index (χ3n) is 4.33. The number of anilines is 1. The van der Waals surface area contributed by atoms with E-state index in [1.54, 1.807) is 16.7 Å². The number of thioether (sulfide) groups is 1. The number of hydrogen-bond donors (Lipinski definition) is 1. The summed E-state index contributed by atoms with van der Waals surface area (Å²) >= 11 is 1.29. The summed E-state index contributed by atoms with van der Waals surface area (Å²) < 4.78 is 21.0. The van der Waals surface area contributed by atoms with E-state index in [0.717, 1.165) is 6.42 Å². The molecule has 0 spiro atoms. The largest absolute Gasteiger partial charge is 0.378 e. The number of halogens is 1. The number of amides is 1. The first-order chi connectivity index (χ1) is 13.1. The van der Waals surface area contributed by atoms with Crippen molar-refractivity contribution in [1.82, 2.24) is 20.1 Å². The van der Waals surface area contributed by atoms with Gasteiger partial charge in [0.2, 0.25) is 11.9 Å². The highest BCUT2D eigenvalue weighted by atomic mass is 32.2. The maximum atomic E-state index is 13.8. The average Bonchev–Trinajstić information content (AvgIpc) is 3.11. The Hall–Kier alpha value is -2.13. The summed E-state index contributed by atoms with van der Waals surface area (Å²) in [5, 5.41) is 12.1. The van der Waals surface area contributed by atoms with Gasteiger partial charge >= 0.3 is 0 Å². The number of carbonyl (C=O) groups excluding carboxylic acids is 1. The second-order valence-corrected chi connectivity index (χ2v) is 7.31. The number of rotatable bonds is 7. The van der Waals surface area contributed by atoms with Crippen molar-refractivity contribution in [3.63, 3.8) is 0 Å². The third-order valence-corrected chi connectivity index (χ3v) is 5.26. The Labute approximate surface area is 162 Å². The first kappa shape index (κ1) is 19.6. The average molecular weight is 393 g/mol. The molecular formula is C18H24FN5O2S. The zero-order chi connectivity index (χ0) is 19.2. The number of nitrogens with zero attached hydrogens (tertiary/aromatic N) is 4. The van der Waals surface area contributed by atoms with Crippen LogP contribution in [-0.4, -0.2) is 58.8 Å². The predicted molar refractivity (Wildman–Crippen MR) is 103 cm³/mol. The molecule has 146 valence electrons. The van der Waals surface area contributed by atoms with Gasteiger partial charge < -0.3 is 15.0 Å². The van der Waals surface area contributed by atoms with E-state index in [2.05, 4.69) is 20.4 Å². The van der Waals surface area contributed by atoms with Crippen molar-refractivity contribution in [1.29, 1.82) is 0 Å². The Kier molecular flexibility index (Phi) is 6.68. The molecule has 0 bridgehead atoms. The molecule has 0 radical (unpaired) electrons. The Morgan fingerprint density at radius 3 is 2.85 bits per heavy atom. The van der Waals surface area contributed by atoms with Crippen molar-refractivity contribution < 1.29 is 13.9 Å². The van der Waals surface area contributed by atoms with Gasteiger partial charge in [0.05, 0.1) is 24.7 Å². The highest BCUT2D eigenvalue weighted by Gasteiger charge is 2.22. The number of nitrogens with one attached hydrogen (secondary N) is 1. The molecule has 1 N–H and O–H groups in total. The van der Waals surface area contributed by atoms with Gasteiger partial charge in [0.25, 0.3) is 0 Å². The fraction of sp³-hybridized carbons (Fsp3) is 0.500. The zero-order valence-electron chi connectivity index (χ0n) is 15.5. The lowest BCUT2D eigenvalue weighted by Gasteiger charge is -2.27. The summed E-state index contributed by atoms with van der Waals surface area (Å²) in [4.78, 5) is 14.2. The second kappa shape index (κ2) is 9.18. The molecule has 0 saturated carbocycles. The molecule has 9 heteroatoms. The van der Waals surface area contributed by atoms with Crippen LogP contribution in [0.4, 0.5) is 10.3 Å². The van der Waals surface area contributed by atoms with E-state index in [4.69, 9.17) is 4.74 Å². The Morgan fingerprint density at radius 1 is 1.37 bits per heavy atom. The van der Waals surface area contributed by atoms with E-state index in [1.807, 2.05) is 13.8 Å². The van der Waals surface area contributed by atoms with Crippen molar-refractivity contribution in [2.45, 2.75) is 31.5 Å². The molecule has 1 amide bonds. The standard InChI is InChI=1S/C18H24FN5O2S/c1-3-13(2)20-16(25)12-27-18-22-21-17(23-7-9-26-10-8-23)24(18)15-6-4-5-14(19)11-15/h4-6,11,13H,3,7-10,12H2,1-2H3,(H,20,25)/t13-/m0/s1. The van der Waals surface area contributed by atoms with Gasteiger partial charge in [0, 0.05) is 19.1 Å². The van der Waals surface area contributed by atoms with Gasteiger partial charge in [-0.3, -0.25) is 9.36 Å². The van der Waals surface area contributed by atoms with Crippen LogP contribution in [0.15, 0.2) is 29.4 Å². The molecule has 3 rings (SSSR count). The summed E-state index contributed by atoms with van der Waals surface area (Å²) in [6.45, 7) is 6.58. The highest BCUT2D eigenvalue weighted by Crippen LogP contribution is 2.27. The fourth-order valence-electron chi connectivity index (χ4n) is 2.71. The van der Waals surface area contributed by atoms with Gasteiger partial charge in [-0.15, -0.1) is 10.2 Å². The molecule has 27 heavy (non-hydrogen) atoms. The Morgan fingerprint density at radius 2 is 2.15 bits per heavy atom. The molecule has 0 unspecified atom stereocenters. The molecule has 0 aliphatic carbocycles. The Bertz CT molecular complexity index is 779. The molecule has 2 heterocycles. The number of ether oxygens (including phenoxy) is 1. The lowest BCUT2D eigenvalue weighted by molar-refractivity contribution is -0.119. The van der Waals surface area contributed by atoms with Crippen molar-refractivity contribution in [3.05, 3.63) is 30.1 Å². The van der Waals surface area contributed by atoms with Crippen molar-refractivity contribution in [2.24, 2.45) is 0 Å². The third kappa shape index (κ3) is 4.98. The number of carbonyl (C=O) groups is 1. The molecule has 1 saturated heterocycles. The molecule has 2 aromatic rings. The fourth-order valence-corrected chi connectivity index (χ4v) is 3.47. The minimum Gasteiger partial charge on any atom is -0.378 e. The number of morpholine rings is 1. The summed E-state index contributed by atoms with van der Waals surface area (Å²) in [6, 6.07) is 6.42. The monoisotopic (exact) mass is 393 g/mol. The van der Waals surface area contributed by atoms with Gasteiger partial charge in [0.1, 0.15) is 5.82 Å². The summed E-state index contributed by atoms with van der Waals surface area (Å²) in [5.74, 6) is 0.463. The molecule has 1 atom stereocenters. The van der Waals surface area contributed by atoms with Crippen molar-refractivity contribution in [2.75, 3.05) is 37.0 Å². The first-order valence-electron chi connectivity index (χ1n) is 9.04. The van der Waals surface area contributed by atoms with Gasteiger partial charge in [0.15, 0.2) is 5.16 Å². The van der Waals surface area contributed by atoms with Crippen LogP contribution in [0.3, 0.4) is 0 Å². The van der Waals surface area contributed by atoms with Crippen LogP contribution in [0.2, 0.25) is 0 Å². The van der Waals surface area contributed by atoms with E-state index in [1.165, 1.54) is 23.9 Å². The van der Waals surface area contributed by atoms with Crippen LogP contribution < -0.4 is 10.2 Å². The number of aromatic nitrogens is 3. The van der Waals surface area contributed by atoms with E-state index in [-0.39, 0.29) is 23.5 Å². The first-order valence-corrected chi connectivity index (χ1v) is 10.0. The topological polar surface area (TPSA) is 72.3 Å². The molecule has 7 nitrogen and oxygen atoms in total. The smallest absolute Gasteiger partial charge is 0.232 e. The maximum Gasteiger partial charge on any atom is 0.232 e. The van der Waals surface area contributed by atoms with Crippen molar-refractivity contribution in [3.8, 4) is 5.69 Å². The minimum atomic E-state index is -0.334. The van der Waals surface area contributed by atoms with Gasteiger partial charge in [-0.2, -0.15) is 0 Å². The molecular weight excluding hydrogens is 369 g/mol. The van der Waals surface area contributed by atoms with Crippen molar-refractivity contribution >= 4 is 23.6 Å². The lowest BCUT2D eigenvalue weighted by Crippen LogP contribution is -2.38. The quantitative estimate of drug-likeness (QED) is 0.728. The molecule has 1 aromatic heterocycles. The summed E-state index contributed by atoms with van der Waals surface area (Å²) in [7, 11) is 0. The van der Waals surface area contributed by atoms with Crippen LogP contribution >= 0.6 is 11.8 Å². The van der Waals surface area contributed by atoms with E-state index >= 15 is 0 Å².